The van der Waals surface area contributed by atoms with Crippen LogP contribution in [0.15, 0.2) is 79.6 Å². The van der Waals surface area contributed by atoms with Crippen molar-refractivity contribution in [2.45, 2.75) is 0 Å². The van der Waals surface area contributed by atoms with E-state index >= 15 is 0 Å². The first kappa shape index (κ1) is 16.6. The maximum atomic E-state index is 4.60. The lowest BCUT2D eigenvalue weighted by Gasteiger charge is -2.01. The molecular formula is C23H15N7. The molecule has 0 aliphatic rings. The van der Waals surface area contributed by atoms with Gasteiger partial charge in [0, 0.05) is 58.4 Å². The number of pyridine rings is 2. The van der Waals surface area contributed by atoms with Gasteiger partial charge in [0.15, 0.2) is 0 Å². The van der Waals surface area contributed by atoms with Gasteiger partial charge in [-0.1, -0.05) is 6.07 Å². The Morgan fingerprint density at radius 3 is 2.40 bits per heavy atom. The number of aromatic nitrogens is 7. The van der Waals surface area contributed by atoms with Crippen LogP contribution >= 0.6 is 0 Å². The van der Waals surface area contributed by atoms with Crippen LogP contribution in [0.5, 0.6) is 0 Å². The largest absolute Gasteiger partial charge is 0.353 e. The Morgan fingerprint density at radius 1 is 0.633 bits per heavy atom. The first-order valence-electron chi connectivity index (χ1n) is 9.50. The topological polar surface area (TPSA) is 96.0 Å². The van der Waals surface area contributed by atoms with Gasteiger partial charge in [-0.2, -0.15) is 5.10 Å². The van der Waals surface area contributed by atoms with Crippen LogP contribution in [-0.4, -0.2) is 35.1 Å². The van der Waals surface area contributed by atoms with Crippen molar-refractivity contribution in [2.24, 2.45) is 0 Å². The SMILES string of the molecule is c1cc(-c2nccc3[nH]c(-c4n[nH]c5ccc(-c6cnccn6)cc45)cc23)ccn1. The highest BCUT2D eigenvalue weighted by Crippen LogP contribution is 2.33. The Kier molecular flexibility index (Phi) is 3.64. The number of aromatic amines is 2. The van der Waals surface area contributed by atoms with Gasteiger partial charge in [0.2, 0.25) is 0 Å². The fourth-order valence-electron chi connectivity index (χ4n) is 3.75. The number of hydrogen-bond donors (Lipinski definition) is 2. The van der Waals surface area contributed by atoms with Crippen molar-refractivity contribution in [2.75, 3.05) is 0 Å². The summed E-state index contributed by atoms with van der Waals surface area (Å²) in [6, 6.07) is 14.1. The van der Waals surface area contributed by atoms with Crippen LogP contribution in [0.25, 0.3) is 55.7 Å². The number of hydrogen-bond acceptors (Lipinski definition) is 5. The molecule has 0 fully saturated rings. The van der Waals surface area contributed by atoms with Gasteiger partial charge < -0.3 is 4.98 Å². The minimum atomic E-state index is 0.826. The van der Waals surface area contributed by atoms with E-state index in [1.165, 1.54) is 0 Å². The van der Waals surface area contributed by atoms with Crippen LogP contribution in [-0.2, 0) is 0 Å². The molecular weight excluding hydrogens is 374 g/mol. The van der Waals surface area contributed by atoms with Gasteiger partial charge in [-0.3, -0.25) is 25.0 Å². The summed E-state index contributed by atoms with van der Waals surface area (Å²) < 4.78 is 0. The van der Waals surface area contributed by atoms with E-state index in [-0.39, 0.29) is 0 Å². The van der Waals surface area contributed by atoms with Crippen LogP contribution in [0, 0.1) is 0 Å². The van der Waals surface area contributed by atoms with Crippen LogP contribution in [0.3, 0.4) is 0 Å². The Balaban J connectivity index is 1.52. The molecule has 5 aromatic heterocycles. The maximum Gasteiger partial charge on any atom is 0.116 e. The molecule has 0 aliphatic carbocycles. The predicted molar refractivity (Wildman–Crippen MR) is 115 cm³/mol. The third-order valence-corrected chi connectivity index (χ3v) is 5.18. The standard InChI is InChI=1S/C23H15N7/c1-2-19-16(11-15(1)21-13-25-9-10-26-21)23(30-29-19)20-12-17-18(28-20)5-8-27-22(17)14-3-6-24-7-4-14/h1-13,28H,(H,29,30). The molecule has 0 aliphatic heterocycles. The molecule has 0 amide bonds. The van der Waals surface area contributed by atoms with E-state index in [1.54, 1.807) is 31.0 Å². The van der Waals surface area contributed by atoms with E-state index in [2.05, 4.69) is 47.2 Å². The summed E-state index contributed by atoms with van der Waals surface area (Å²) >= 11 is 0. The maximum absolute atomic E-state index is 4.60. The second-order valence-corrected chi connectivity index (χ2v) is 6.96. The van der Waals surface area contributed by atoms with Gasteiger partial charge in [0.05, 0.1) is 28.8 Å². The molecule has 7 heteroatoms. The monoisotopic (exact) mass is 389 g/mol. The van der Waals surface area contributed by atoms with Gasteiger partial charge in [-0.05, 0) is 36.4 Å². The average molecular weight is 389 g/mol. The molecule has 0 bridgehead atoms. The molecule has 0 saturated heterocycles. The zero-order valence-corrected chi connectivity index (χ0v) is 15.7. The first-order valence-corrected chi connectivity index (χ1v) is 9.50. The molecule has 6 rings (SSSR count). The summed E-state index contributed by atoms with van der Waals surface area (Å²) in [7, 11) is 0. The van der Waals surface area contributed by atoms with Crippen LogP contribution in [0.4, 0.5) is 0 Å². The van der Waals surface area contributed by atoms with E-state index in [1.807, 2.05) is 36.5 Å². The smallest absolute Gasteiger partial charge is 0.116 e. The van der Waals surface area contributed by atoms with Gasteiger partial charge in [-0.25, -0.2) is 0 Å². The minimum absolute atomic E-state index is 0.826. The zero-order chi connectivity index (χ0) is 19.9. The summed E-state index contributed by atoms with van der Waals surface area (Å²) in [4.78, 5) is 20.8. The highest BCUT2D eigenvalue weighted by atomic mass is 15.1. The number of rotatable bonds is 3. The van der Waals surface area contributed by atoms with Crippen molar-refractivity contribution in [1.29, 1.82) is 0 Å². The minimum Gasteiger partial charge on any atom is -0.353 e. The van der Waals surface area contributed by atoms with Crippen LogP contribution in [0.1, 0.15) is 0 Å². The zero-order valence-electron chi connectivity index (χ0n) is 15.7. The fourth-order valence-corrected chi connectivity index (χ4v) is 3.75. The van der Waals surface area contributed by atoms with E-state index in [0.29, 0.717) is 0 Å². The molecule has 0 spiro atoms. The molecule has 0 saturated carbocycles. The Hall–Kier alpha value is -4.39. The Labute approximate surface area is 170 Å². The average Bonchev–Trinajstić information content (AvgIpc) is 3.43. The van der Waals surface area contributed by atoms with Gasteiger partial charge >= 0.3 is 0 Å². The number of nitrogens with one attached hydrogen (secondary N) is 2. The second-order valence-electron chi connectivity index (χ2n) is 6.96. The van der Waals surface area contributed by atoms with Crippen molar-refractivity contribution in [3.8, 4) is 33.9 Å². The lowest BCUT2D eigenvalue weighted by molar-refractivity contribution is 1.12. The summed E-state index contributed by atoms with van der Waals surface area (Å²) in [6.07, 6.45) is 10.5. The predicted octanol–water partition coefficient (Wildman–Crippen LogP) is 4.63. The molecule has 7 nitrogen and oxygen atoms in total. The van der Waals surface area contributed by atoms with E-state index < -0.39 is 0 Å². The highest BCUT2D eigenvalue weighted by molar-refractivity contribution is 6.00. The lowest BCUT2D eigenvalue weighted by atomic mass is 10.1. The molecule has 1 aromatic carbocycles. The number of fused-ring (bicyclic) bond motifs is 2. The Morgan fingerprint density at radius 2 is 1.53 bits per heavy atom. The summed E-state index contributed by atoms with van der Waals surface area (Å²) in [5.74, 6) is 0. The Bertz CT molecular complexity index is 1480. The third-order valence-electron chi connectivity index (χ3n) is 5.18. The molecule has 142 valence electrons. The van der Waals surface area contributed by atoms with Crippen molar-refractivity contribution in [3.63, 3.8) is 0 Å². The van der Waals surface area contributed by atoms with E-state index in [9.17, 15) is 0 Å². The molecule has 5 heterocycles. The fraction of sp³-hybridized carbons (Fsp3) is 0. The lowest BCUT2D eigenvalue weighted by Crippen LogP contribution is -1.84. The van der Waals surface area contributed by atoms with Gasteiger partial charge in [-0.15, -0.1) is 0 Å². The first-order chi connectivity index (χ1) is 14.9. The molecule has 0 atom stereocenters. The number of nitrogens with zero attached hydrogens (tertiary/aromatic N) is 5. The molecule has 0 radical (unpaired) electrons. The van der Waals surface area contributed by atoms with Crippen molar-refractivity contribution < 1.29 is 0 Å². The summed E-state index contributed by atoms with van der Waals surface area (Å²) in [6.45, 7) is 0. The molecule has 2 N–H and O–H groups in total. The van der Waals surface area contributed by atoms with Gasteiger partial charge in [0.25, 0.3) is 0 Å². The van der Waals surface area contributed by atoms with Crippen molar-refractivity contribution in [1.82, 2.24) is 35.1 Å². The third kappa shape index (κ3) is 2.64. The van der Waals surface area contributed by atoms with E-state index in [4.69, 9.17) is 0 Å². The van der Waals surface area contributed by atoms with Crippen LogP contribution < -0.4 is 0 Å². The quantitative estimate of drug-likeness (QED) is 0.460. The number of H-pyrrole nitrogens is 2. The van der Waals surface area contributed by atoms with E-state index in [0.717, 1.165) is 55.7 Å². The number of benzene rings is 1. The molecule has 6 aromatic rings. The van der Waals surface area contributed by atoms with Crippen molar-refractivity contribution >= 4 is 21.8 Å². The molecule has 0 unspecified atom stereocenters. The summed E-state index contributed by atoms with van der Waals surface area (Å²) in [5, 5.41) is 9.76. The molecule has 30 heavy (non-hydrogen) atoms. The normalized spacial score (nSPS) is 11.3. The highest BCUT2D eigenvalue weighted by Gasteiger charge is 2.15. The second kappa shape index (κ2) is 6.59. The summed E-state index contributed by atoms with van der Waals surface area (Å²) in [5.41, 5.74) is 7.51. The van der Waals surface area contributed by atoms with Crippen LogP contribution in [0.2, 0.25) is 0 Å². The van der Waals surface area contributed by atoms with Crippen molar-refractivity contribution in [3.05, 3.63) is 79.6 Å². The van der Waals surface area contributed by atoms with Gasteiger partial charge in [0.1, 0.15) is 5.69 Å².